The predicted molar refractivity (Wildman–Crippen MR) is 122 cm³/mol. The number of carbonyl (C=O) groups is 3. The van der Waals surface area contributed by atoms with Gasteiger partial charge in [0.1, 0.15) is 6.02 Å². The van der Waals surface area contributed by atoms with Crippen molar-refractivity contribution in [2.75, 3.05) is 31.6 Å². The summed E-state index contributed by atoms with van der Waals surface area (Å²) in [5.74, 6) is -4.24. The van der Waals surface area contributed by atoms with Gasteiger partial charge in [-0.05, 0) is 29.6 Å². The SMILES string of the molecule is [2H]c1c([2H])c(NCc2ccc(CN3CCOCC3)cc2)c2c(c1[2H])C(=O)N(C1([2H])C(=O)NC(=O)C([2H])([2H])C1([2H])[2H])C2. The Kier molecular flexibility index (Phi) is 3.99. The molecule has 172 valence electrons. The number of amides is 3. The van der Waals surface area contributed by atoms with Crippen molar-refractivity contribution in [3.05, 3.63) is 64.6 Å². The number of hydrogen-bond acceptors (Lipinski definition) is 6. The van der Waals surface area contributed by atoms with Gasteiger partial charge in [0.15, 0.2) is 0 Å². The third-order valence-electron chi connectivity index (χ3n) is 5.76. The highest BCUT2D eigenvalue weighted by atomic mass is 16.5. The first-order valence-electron chi connectivity index (χ1n) is 14.6. The maximum atomic E-state index is 13.5. The molecule has 0 spiro atoms. The van der Waals surface area contributed by atoms with E-state index in [1.807, 2.05) is 24.3 Å². The fourth-order valence-corrected chi connectivity index (χ4v) is 4.00. The average Bonchev–Trinajstić information content (AvgIpc) is 3.28. The van der Waals surface area contributed by atoms with E-state index < -0.39 is 61.2 Å². The minimum Gasteiger partial charge on any atom is -0.381 e. The van der Waals surface area contributed by atoms with E-state index in [2.05, 4.69) is 10.2 Å². The van der Waals surface area contributed by atoms with Gasteiger partial charge in [-0.15, -0.1) is 0 Å². The molecule has 1 unspecified atom stereocenters. The van der Waals surface area contributed by atoms with Gasteiger partial charge in [-0.25, -0.2) is 0 Å². The smallest absolute Gasteiger partial charge is 0.255 e. The summed E-state index contributed by atoms with van der Waals surface area (Å²) < 4.78 is 71.5. The third kappa shape index (κ3) is 4.62. The molecule has 3 heterocycles. The minimum atomic E-state index is -3.47. The van der Waals surface area contributed by atoms with Crippen LogP contribution in [0.4, 0.5) is 5.69 Å². The Morgan fingerprint density at radius 1 is 1.15 bits per heavy atom. The van der Waals surface area contributed by atoms with Crippen LogP contribution in [-0.4, -0.2) is 59.8 Å². The molecular formula is C25H28N4O4. The van der Waals surface area contributed by atoms with Crippen LogP contribution in [0.15, 0.2) is 42.4 Å². The molecule has 2 fully saturated rings. The highest BCUT2D eigenvalue weighted by molar-refractivity contribution is 6.06. The lowest BCUT2D eigenvalue weighted by atomic mass is 10.0. The van der Waals surface area contributed by atoms with E-state index >= 15 is 0 Å². The second-order valence-corrected chi connectivity index (χ2v) is 7.94. The average molecular weight is 457 g/mol. The molecule has 3 aliphatic rings. The molecule has 0 bridgehead atoms. The van der Waals surface area contributed by atoms with E-state index in [1.54, 1.807) is 5.32 Å². The molecule has 0 aromatic heterocycles. The van der Waals surface area contributed by atoms with Crippen LogP contribution in [0, 0.1) is 0 Å². The fraction of sp³-hybridized carbons (Fsp3) is 0.400. The summed E-state index contributed by atoms with van der Waals surface area (Å²) in [5, 5.41) is 4.68. The lowest BCUT2D eigenvalue weighted by Crippen LogP contribution is -2.52. The zero-order valence-electron chi connectivity index (χ0n) is 25.8. The molecule has 33 heavy (non-hydrogen) atoms. The Hall–Kier alpha value is -3.23. The summed E-state index contributed by atoms with van der Waals surface area (Å²) in [7, 11) is 0. The molecule has 5 rings (SSSR count). The number of benzene rings is 2. The van der Waals surface area contributed by atoms with Crippen molar-refractivity contribution in [3.8, 4) is 0 Å². The lowest BCUT2D eigenvalue weighted by Gasteiger charge is -2.29. The number of piperidine rings is 1. The van der Waals surface area contributed by atoms with Crippen molar-refractivity contribution in [3.63, 3.8) is 0 Å². The number of carbonyl (C=O) groups excluding carboxylic acids is 3. The van der Waals surface area contributed by atoms with Gasteiger partial charge in [0.25, 0.3) is 5.91 Å². The zero-order valence-corrected chi connectivity index (χ0v) is 17.8. The van der Waals surface area contributed by atoms with Crippen LogP contribution in [0.25, 0.3) is 0 Å². The number of nitrogens with one attached hydrogen (secondary N) is 2. The van der Waals surface area contributed by atoms with Gasteiger partial charge in [0, 0.05) is 61.4 Å². The lowest BCUT2D eigenvalue weighted by molar-refractivity contribution is -0.136. The second-order valence-electron chi connectivity index (χ2n) is 7.94. The first kappa shape index (κ1) is 14.1. The summed E-state index contributed by atoms with van der Waals surface area (Å²) in [6.07, 6.45) is -6.80. The van der Waals surface area contributed by atoms with E-state index in [9.17, 15) is 14.4 Å². The monoisotopic (exact) mass is 456 g/mol. The molecule has 1 atom stereocenters. The number of imide groups is 1. The van der Waals surface area contributed by atoms with Crippen molar-refractivity contribution in [1.29, 1.82) is 0 Å². The van der Waals surface area contributed by atoms with Crippen molar-refractivity contribution < 1.29 is 30.1 Å². The van der Waals surface area contributed by atoms with Crippen molar-refractivity contribution in [1.82, 2.24) is 15.1 Å². The normalized spacial score (nSPS) is 29.9. The number of morpholine rings is 1. The maximum Gasteiger partial charge on any atom is 0.255 e. The summed E-state index contributed by atoms with van der Waals surface area (Å²) in [5.41, 5.74) is 1.55. The van der Waals surface area contributed by atoms with Gasteiger partial charge >= 0.3 is 0 Å². The minimum absolute atomic E-state index is 0.00806. The molecule has 3 aliphatic heterocycles. The molecule has 8 nitrogen and oxygen atoms in total. The van der Waals surface area contributed by atoms with E-state index in [4.69, 9.17) is 15.7 Å². The number of fused-ring (bicyclic) bond motifs is 1. The molecule has 0 radical (unpaired) electrons. The van der Waals surface area contributed by atoms with Gasteiger partial charge in [0.05, 0.1) is 18.7 Å². The molecule has 0 saturated carbocycles. The Labute approximate surface area is 204 Å². The Bertz CT molecular complexity index is 1430. The zero-order chi connectivity index (χ0) is 29.9. The van der Waals surface area contributed by atoms with Crippen LogP contribution in [0.2, 0.25) is 0 Å². The Balaban J connectivity index is 1.43. The highest BCUT2D eigenvalue weighted by Gasteiger charge is 2.39. The van der Waals surface area contributed by atoms with Gasteiger partial charge < -0.3 is 15.0 Å². The summed E-state index contributed by atoms with van der Waals surface area (Å²) in [4.78, 5) is 41.1. The van der Waals surface area contributed by atoms with Crippen molar-refractivity contribution >= 4 is 23.4 Å². The fourth-order valence-electron chi connectivity index (χ4n) is 4.00. The van der Waals surface area contributed by atoms with Crippen molar-refractivity contribution in [2.45, 2.75) is 38.4 Å². The maximum absolute atomic E-state index is 13.5. The van der Waals surface area contributed by atoms with Crippen LogP contribution >= 0.6 is 0 Å². The van der Waals surface area contributed by atoms with Crippen LogP contribution in [-0.2, 0) is 34.0 Å². The molecular weight excluding hydrogens is 420 g/mol. The highest BCUT2D eigenvalue weighted by Crippen LogP contribution is 2.32. The van der Waals surface area contributed by atoms with E-state index in [-0.39, 0.29) is 23.4 Å². The van der Waals surface area contributed by atoms with Gasteiger partial charge in [-0.1, -0.05) is 30.3 Å². The Morgan fingerprint density at radius 3 is 2.70 bits per heavy atom. The summed E-state index contributed by atoms with van der Waals surface area (Å²) in [6, 6.07) is 2.90. The molecule has 2 aromatic carbocycles. The van der Waals surface area contributed by atoms with Gasteiger partial charge in [-0.2, -0.15) is 0 Å². The van der Waals surface area contributed by atoms with Crippen LogP contribution in [0.5, 0.6) is 0 Å². The molecule has 2 aromatic rings. The van der Waals surface area contributed by atoms with E-state index in [0.29, 0.717) is 18.1 Å². The van der Waals surface area contributed by atoms with Gasteiger partial charge in [-0.3, -0.25) is 24.6 Å². The van der Waals surface area contributed by atoms with Crippen LogP contribution in [0.1, 0.15) is 50.8 Å². The molecule has 8 heteroatoms. The predicted octanol–water partition coefficient (Wildman–Crippen LogP) is 1.89. The molecule has 2 N–H and O–H groups in total. The third-order valence-corrected chi connectivity index (χ3v) is 5.76. The van der Waals surface area contributed by atoms with Gasteiger partial charge in [0.2, 0.25) is 11.8 Å². The number of hydrogen-bond donors (Lipinski definition) is 2. The van der Waals surface area contributed by atoms with E-state index in [0.717, 1.165) is 30.8 Å². The molecule has 0 aliphatic carbocycles. The largest absolute Gasteiger partial charge is 0.381 e. The standard InChI is InChI=1S/C25H28N4O4/c30-23-9-8-22(24(31)27-23)29-16-20-19(25(29)32)2-1-3-21(20)26-14-17-4-6-18(7-5-17)15-28-10-12-33-13-11-28/h1-7,22,26H,8-16H2,(H,27,30,31)/i1D,2D,3D,8D2,9D2,22D. The molecule has 3 amide bonds. The first-order valence-corrected chi connectivity index (χ1v) is 10.6. The number of anilines is 1. The second kappa shape index (κ2) is 9.33. The van der Waals surface area contributed by atoms with E-state index in [1.165, 1.54) is 0 Å². The Morgan fingerprint density at radius 2 is 1.91 bits per heavy atom. The summed E-state index contributed by atoms with van der Waals surface area (Å²) in [6.45, 7) is 3.41. The summed E-state index contributed by atoms with van der Waals surface area (Å²) >= 11 is 0. The quantitative estimate of drug-likeness (QED) is 0.645. The topological polar surface area (TPSA) is 91.0 Å². The van der Waals surface area contributed by atoms with Crippen molar-refractivity contribution in [2.24, 2.45) is 0 Å². The number of nitrogens with zero attached hydrogens (tertiary/aromatic N) is 2. The van der Waals surface area contributed by atoms with Crippen LogP contribution in [0.3, 0.4) is 0 Å². The first-order chi connectivity index (χ1) is 19.2. The van der Waals surface area contributed by atoms with Crippen LogP contribution < -0.4 is 10.6 Å². The number of rotatable bonds is 6. The number of ether oxygens (including phenoxy) is 1. The molecule has 2 saturated heterocycles.